The van der Waals surface area contributed by atoms with Gasteiger partial charge in [-0.15, -0.1) is 0 Å². The van der Waals surface area contributed by atoms with Crippen molar-refractivity contribution in [3.63, 3.8) is 0 Å². The van der Waals surface area contributed by atoms with Crippen LogP contribution in [0.2, 0.25) is 0 Å². The number of anilines is 3. The van der Waals surface area contributed by atoms with Crippen LogP contribution in [0.5, 0.6) is 0 Å². The lowest BCUT2D eigenvalue weighted by atomic mass is 10.1. The Bertz CT molecular complexity index is 996. The highest BCUT2D eigenvalue weighted by atomic mass is 19.4. The van der Waals surface area contributed by atoms with Crippen molar-refractivity contribution >= 4 is 23.0 Å². The summed E-state index contributed by atoms with van der Waals surface area (Å²) in [5, 5.41) is 5.66. The zero-order chi connectivity index (χ0) is 20.3. The standard InChI is InChI=1S/C21H18F3N3O/c1-13-6-14(2)8-18(7-13)27-20(28)15-9-19(12-25-11-15)26-17-5-3-4-16(10-17)21(22,23)24/h3-12,26H,1-2H3,(H,27,28). The number of nitrogens with one attached hydrogen (secondary N) is 2. The summed E-state index contributed by atoms with van der Waals surface area (Å²) in [4.78, 5) is 16.5. The van der Waals surface area contributed by atoms with Crippen LogP contribution in [0, 0.1) is 13.8 Å². The summed E-state index contributed by atoms with van der Waals surface area (Å²) in [6.07, 6.45) is -1.59. The van der Waals surface area contributed by atoms with Gasteiger partial charge in [-0.1, -0.05) is 12.1 Å². The fraction of sp³-hybridized carbons (Fsp3) is 0.143. The normalized spacial score (nSPS) is 11.2. The Labute approximate surface area is 160 Å². The molecular weight excluding hydrogens is 367 g/mol. The second-order valence-corrected chi connectivity index (χ2v) is 6.50. The highest BCUT2D eigenvalue weighted by molar-refractivity contribution is 6.04. The van der Waals surface area contributed by atoms with Crippen LogP contribution in [-0.4, -0.2) is 10.9 Å². The number of rotatable bonds is 4. The van der Waals surface area contributed by atoms with Crippen molar-refractivity contribution in [2.45, 2.75) is 20.0 Å². The van der Waals surface area contributed by atoms with Crippen LogP contribution in [0.1, 0.15) is 27.0 Å². The number of alkyl halides is 3. The van der Waals surface area contributed by atoms with Crippen LogP contribution in [0.15, 0.2) is 60.9 Å². The smallest absolute Gasteiger partial charge is 0.354 e. The minimum absolute atomic E-state index is 0.253. The number of pyridine rings is 1. The van der Waals surface area contributed by atoms with Crippen molar-refractivity contribution in [2.24, 2.45) is 0 Å². The molecular formula is C21H18F3N3O. The van der Waals surface area contributed by atoms with Crippen molar-refractivity contribution in [1.29, 1.82) is 0 Å². The van der Waals surface area contributed by atoms with Crippen LogP contribution in [0.4, 0.5) is 30.2 Å². The molecule has 1 aromatic heterocycles. The number of nitrogens with zero attached hydrogens (tertiary/aromatic N) is 1. The van der Waals surface area contributed by atoms with E-state index in [2.05, 4.69) is 15.6 Å². The quantitative estimate of drug-likeness (QED) is 0.605. The molecule has 0 fully saturated rings. The van der Waals surface area contributed by atoms with Crippen LogP contribution >= 0.6 is 0 Å². The van der Waals surface area contributed by atoms with Gasteiger partial charge >= 0.3 is 6.18 Å². The molecule has 7 heteroatoms. The van der Waals surface area contributed by atoms with Crippen molar-refractivity contribution in [3.05, 3.63) is 83.2 Å². The molecule has 0 unspecified atom stereocenters. The fourth-order valence-corrected chi connectivity index (χ4v) is 2.82. The Morgan fingerprint density at radius 3 is 2.29 bits per heavy atom. The van der Waals surface area contributed by atoms with E-state index in [0.29, 0.717) is 11.4 Å². The first kappa shape index (κ1) is 19.4. The average Bonchev–Trinajstić information content (AvgIpc) is 2.60. The molecule has 28 heavy (non-hydrogen) atoms. The van der Waals surface area contributed by atoms with Crippen molar-refractivity contribution in [3.8, 4) is 0 Å². The van der Waals surface area contributed by atoms with Crippen LogP contribution < -0.4 is 10.6 Å². The first-order valence-electron chi connectivity index (χ1n) is 8.50. The van der Waals surface area contributed by atoms with Crippen LogP contribution in [0.3, 0.4) is 0 Å². The molecule has 3 aromatic rings. The lowest BCUT2D eigenvalue weighted by Crippen LogP contribution is -2.12. The number of hydrogen-bond acceptors (Lipinski definition) is 3. The van der Waals surface area contributed by atoms with Gasteiger partial charge in [-0.3, -0.25) is 9.78 Å². The minimum Gasteiger partial charge on any atom is -0.354 e. The van der Waals surface area contributed by atoms with E-state index in [4.69, 9.17) is 0 Å². The molecule has 1 heterocycles. The Hall–Kier alpha value is -3.35. The highest BCUT2D eigenvalue weighted by Gasteiger charge is 2.30. The summed E-state index contributed by atoms with van der Waals surface area (Å²) in [6, 6.07) is 12.1. The Morgan fingerprint density at radius 2 is 1.61 bits per heavy atom. The number of amides is 1. The largest absolute Gasteiger partial charge is 0.416 e. The Balaban J connectivity index is 1.78. The van der Waals surface area contributed by atoms with E-state index >= 15 is 0 Å². The van der Waals surface area contributed by atoms with Gasteiger partial charge in [0.1, 0.15) is 0 Å². The summed E-state index contributed by atoms with van der Waals surface area (Å²) in [7, 11) is 0. The molecule has 0 aliphatic rings. The summed E-state index contributed by atoms with van der Waals surface area (Å²) in [6.45, 7) is 3.87. The van der Waals surface area contributed by atoms with Gasteiger partial charge in [-0.05, 0) is 61.4 Å². The molecule has 1 amide bonds. The number of benzene rings is 2. The van der Waals surface area contributed by atoms with Gasteiger partial charge in [0, 0.05) is 17.6 Å². The number of hydrogen-bond donors (Lipinski definition) is 2. The molecule has 0 radical (unpaired) electrons. The lowest BCUT2D eigenvalue weighted by molar-refractivity contribution is -0.137. The summed E-state index contributed by atoms with van der Waals surface area (Å²) < 4.78 is 38.5. The first-order chi connectivity index (χ1) is 13.2. The van der Waals surface area contributed by atoms with E-state index in [1.54, 1.807) is 0 Å². The molecule has 2 N–H and O–H groups in total. The molecule has 0 spiro atoms. The SMILES string of the molecule is Cc1cc(C)cc(NC(=O)c2cncc(Nc3cccc(C(F)(F)F)c3)c2)c1. The maximum Gasteiger partial charge on any atom is 0.416 e. The van der Waals surface area contributed by atoms with E-state index in [1.807, 2.05) is 32.0 Å². The van der Waals surface area contributed by atoms with Gasteiger partial charge in [0.2, 0.25) is 0 Å². The predicted molar refractivity (Wildman–Crippen MR) is 103 cm³/mol. The zero-order valence-corrected chi connectivity index (χ0v) is 15.3. The first-order valence-corrected chi connectivity index (χ1v) is 8.50. The highest BCUT2D eigenvalue weighted by Crippen LogP contribution is 2.31. The van der Waals surface area contributed by atoms with E-state index in [1.165, 1.54) is 30.6 Å². The molecule has 2 aromatic carbocycles. The Kier molecular flexibility index (Phi) is 5.35. The molecule has 0 saturated carbocycles. The van der Waals surface area contributed by atoms with Crippen molar-refractivity contribution in [1.82, 2.24) is 4.98 Å². The number of carbonyl (C=O) groups is 1. The van der Waals surface area contributed by atoms with Crippen LogP contribution in [-0.2, 0) is 6.18 Å². The molecule has 0 aliphatic heterocycles. The Morgan fingerprint density at radius 1 is 0.893 bits per heavy atom. The number of aromatic nitrogens is 1. The van der Waals surface area contributed by atoms with Gasteiger partial charge in [0.15, 0.2) is 0 Å². The van der Waals surface area contributed by atoms with Gasteiger partial charge in [0.25, 0.3) is 5.91 Å². The molecule has 0 aliphatic carbocycles. The minimum atomic E-state index is -4.43. The van der Waals surface area contributed by atoms with E-state index in [9.17, 15) is 18.0 Å². The number of carbonyl (C=O) groups excluding carboxylic acids is 1. The molecule has 0 atom stereocenters. The average molecular weight is 385 g/mol. The number of halogens is 3. The lowest BCUT2D eigenvalue weighted by Gasteiger charge is -2.11. The maximum atomic E-state index is 12.8. The second kappa shape index (κ2) is 7.72. The summed E-state index contributed by atoms with van der Waals surface area (Å²) in [5.41, 5.74) is 2.90. The molecule has 144 valence electrons. The van der Waals surface area contributed by atoms with Gasteiger partial charge in [-0.2, -0.15) is 13.2 Å². The van der Waals surface area contributed by atoms with Gasteiger partial charge in [-0.25, -0.2) is 0 Å². The molecule has 4 nitrogen and oxygen atoms in total. The summed E-state index contributed by atoms with van der Waals surface area (Å²) >= 11 is 0. The second-order valence-electron chi connectivity index (χ2n) is 6.50. The molecule has 0 bridgehead atoms. The van der Waals surface area contributed by atoms with E-state index < -0.39 is 11.7 Å². The third-order valence-electron chi connectivity index (χ3n) is 3.96. The zero-order valence-electron chi connectivity index (χ0n) is 15.3. The topological polar surface area (TPSA) is 54.0 Å². The number of aryl methyl sites for hydroxylation is 2. The fourth-order valence-electron chi connectivity index (χ4n) is 2.82. The van der Waals surface area contributed by atoms with Crippen LogP contribution in [0.25, 0.3) is 0 Å². The van der Waals surface area contributed by atoms with E-state index in [0.717, 1.165) is 23.3 Å². The molecule has 0 saturated heterocycles. The predicted octanol–water partition coefficient (Wildman–Crippen LogP) is 5.71. The summed E-state index contributed by atoms with van der Waals surface area (Å²) in [5.74, 6) is -0.356. The third kappa shape index (κ3) is 4.88. The molecule has 3 rings (SSSR count). The van der Waals surface area contributed by atoms with Crippen molar-refractivity contribution in [2.75, 3.05) is 10.6 Å². The third-order valence-corrected chi connectivity index (χ3v) is 3.96. The maximum absolute atomic E-state index is 12.8. The van der Waals surface area contributed by atoms with E-state index in [-0.39, 0.29) is 17.2 Å². The van der Waals surface area contributed by atoms with Gasteiger partial charge in [0.05, 0.1) is 23.0 Å². The van der Waals surface area contributed by atoms with Crippen molar-refractivity contribution < 1.29 is 18.0 Å². The monoisotopic (exact) mass is 385 g/mol. The van der Waals surface area contributed by atoms with Gasteiger partial charge < -0.3 is 10.6 Å².